The molecule has 2 atom stereocenters. The van der Waals surface area contributed by atoms with Crippen molar-refractivity contribution in [3.63, 3.8) is 0 Å². The van der Waals surface area contributed by atoms with Crippen LogP contribution in [0.1, 0.15) is 20.8 Å². The van der Waals surface area contributed by atoms with Gasteiger partial charge in [-0.25, -0.2) is 0 Å². The maximum absolute atomic E-state index is 9.46. The van der Waals surface area contributed by atoms with Crippen LogP contribution in [0.2, 0.25) is 0 Å². The van der Waals surface area contributed by atoms with Crippen molar-refractivity contribution in [3.8, 4) is 0 Å². The zero-order valence-corrected chi connectivity index (χ0v) is 10.5. The first-order chi connectivity index (χ1) is 7.52. The molecule has 0 saturated carbocycles. The fourth-order valence-electron chi connectivity index (χ4n) is 1.08. The van der Waals surface area contributed by atoms with Crippen LogP contribution >= 0.6 is 0 Å². The zero-order valence-electron chi connectivity index (χ0n) is 10.5. The molecule has 0 aliphatic rings. The Morgan fingerprint density at radius 2 is 1.75 bits per heavy atom. The van der Waals surface area contributed by atoms with Crippen molar-refractivity contribution < 1.29 is 19.7 Å². The zero-order chi connectivity index (χ0) is 12.4. The molecule has 0 aromatic carbocycles. The van der Waals surface area contributed by atoms with Crippen molar-refractivity contribution in [3.05, 3.63) is 0 Å². The van der Waals surface area contributed by atoms with E-state index in [1.54, 1.807) is 6.92 Å². The molecule has 5 nitrogen and oxygen atoms in total. The summed E-state index contributed by atoms with van der Waals surface area (Å²) in [5.41, 5.74) is 0. The van der Waals surface area contributed by atoms with Crippen LogP contribution in [-0.4, -0.2) is 61.4 Å². The normalized spacial score (nSPS) is 15.4. The van der Waals surface area contributed by atoms with Crippen molar-refractivity contribution in [2.24, 2.45) is 0 Å². The summed E-state index contributed by atoms with van der Waals surface area (Å²) in [5, 5.41) is 21.4. The highest BCUT2D eigenvalue weighted by Crippen LogP contribution is 1.89. The summed E-state index contributed by atoms with van der Waals surface area (Å²) in [6.07, 6.45) is -0.730. The first kappa shape index (κ1) is 15.8. The Labute approximate surface area is 97.8 Å². The third-order valence-electron chi connectivity index (χ3n) is 1.81. The minimum atomic E-state index is -0.544. The molecule has 98 valence electrons. The Morgan fingerprint density at radius 3 is 2.31 bits per heavy atom. The molecule has 16 heavy (non-hydrogen) atoms. The quantitative estimate of drug-likeness (QED) is 0.456. The van der Waals surface area contributed by atoms with Gasteiger partial charge in [-0.2, -0.15) is 0 Å². The van der Waals surface area contributed by atoms with Crippen LogP contribution in [-0.2, 0) is 9.47 Å². The molecule has 0 radical (unpaired) electrons. The van der Waals surface area contributed by atoms with Crippen LogP contribution in [0.25, 0.3) is 0 Å². The highest BCUT2D eigenvalue weighted by Gasteiger charge is 2.04. The van der Waals surface area contributed by atoms with E-state index in [-0.39, 0.29) is 12.7 Å². The summed E-state index contributed by atoms with van der Waals surface area (Å²) in [7, 11) is 0. The van der Waals surface area contributed by atoms with Gasteiger partial charge in [-0.05, 0) is 20.8 Å². The van der Waals surface area contributed by atoms with Gasteiger partial charge in [0.15, 0.2) is 0 Å². The van der Waals surface area contributed by atoms with E-state index < -0.39 is 12.2 Å². The van der Waals surface area contributed by atoms with Crippen LogP contribution in [0, 0.1) is 0 Å². The number of hydrogen-bond donors (Lipinski definition) is 3. The van der Waals surface area contributed by atoms with E-state index in [0.717, 1.165) is 0 Å². The second-order valence-corrected chi connectivity index (χ2v) is 4.16. The van der Waals surface area contributed by atoms with Crippen LogP contribution in [0.5, 0.6) is 0 Å². The fourth-order valence-corrected chi connectivity index (χ4v) is 1.08. The fraction of sp³-hybridized carbons (Fsp3) is 1.00. The van der Waals surface area contributed by atoms with Gasteiger partial charge < -0.3 is 25.0 Å². The second-order valence-electron chi connectivity index (χ2n) is 4.16. The molecular weight excluding hydrogens is 210 g/mol. The molecule has 2 unspecified atom stereocenters. The van der Waals surface area contributed by atoms with E-state index in [2.05, 4.69) is 5.32 Å². The highest BCUT2D eigenvalue weighted by atomic mass is 16.5. The lowest BCUT2D eigenvalue weighted by atomic mass is 10.3. The van der Waals surface area contributed by atoms with Crippen molar-refractivity contribution >= 4 is 0 Å². The molecule has 3 N–H and O–H groups in total. The Balaban J connectivity index is 3.20. The van der Waals surface area contributed by atoms with E-state index in [1.807, 2.05) is 13.8 Å². The monoisotopic (exact) mass is 235 g/mol. The molecule has 0 heterocycles. The van der Waals surface area contributed by atoms with Gasteiger partial charge >= 0.3 is 0 Å². The average molecular weight is 235 g/mol. The molecular formula is C11H25NO4. The SMILES string of the molecule is CC(O)CNCC(O)COCCOC(C)C. The molecule has 0 rings (SSSR count). The van der Waals surface area contributed by atoms with E-state index in [4.69, 9.17) is 14.6 Å². The Hall–Kier alpha value is -0.200. The molecule has 5 heteroatoms. The summed E-state index contributed by atoms with van der Waals surface area (Å²) >= 11 is 0. The number of nitrogens with one attached hydrogen (secondary N) is 1. The maximum Gasteiger partial charge on any atom is 0.0897 e. The van der Waals surface area contributed by atoms with Crippen molar-refractivity contribution in [1.29, 1.82) is 0 Å². The maximum atomic E-state index is 9.46. The molecule has 0 bridgehead atoms. The summed E-state index contributed by atoms with van der Waals surface area (Å²) in [4.78, 5) is 0. The van der Waals surface area contributed by atoms with Gasteiger partial charge in [-0.15, -0.1) is 0 Å². The topological polar surface area (TPSA) is 71.0 Å². The molecule has 0 fully saturated rings. The molecule has 0 aliphatic carbocycles. The minimum absolute atomic E-state index is 0.209. The number of aliphatic hydroxyl groups is 2. The summed E-state index contributed by atoms with van der Waals surface area (Å²) in [5.74, 6) is 0. The van der Waals surface area contributed by atoms with Crippen LogP contribution in [0.4, 0.5) is 0 Å². The van der Waals surface area contributed by atoms with Gasteiger partial charge in [-0.1, -0.05) is 0 Å². The minimum Gasteiger partial charge on any atom is -0.392 e. The first-order valence-electron chi connectivity index (χ1n) is 5.78. The third kappa shape index (κ3) is 11.9. The number of ether oxygens (including phenoxy) is 2. The van der Waals surface area contributed by atoms with Gasteiger partial charge in [-0.3, -0.25) is 0 Å². The predicted octanol–water partition coefficient (Wildman–Crippen LogP) is -0.241. The molecule has 0 saturated heterocycles. The molecule has 0 spiro atoms. The molecule has 0 aromatic rings. The Morgan fingerprint density at radius 1 is 1.06 bits per heavy atom. The standard InChI is InChI=1S/C11H25NO4/c1-9(2)16-5-4-15-8-11(14)7-12-6-10(3)13/h9-14H,4-8H2,1-3H3. The predicted molar refractivity (Wildman–Crippen MR) is 62.5 cm³/mol. The number of hydrogen-bond acceptors (Lipinski definition) is 5. The number of rotatable bonds is 10. The van der Waals surface area contributed by atoms with Crippen molar-refractivity contribution in [1.82, 2.24) is 5.32 Å². The summed E-state index contributed by atoms with van der Waals surface area (Å²) in [6, 6.07) is 0. The lowest BCUT2D eigenvalue weighted by Crippen LogP contribution is -2.34. The number of aliphatic hydroxyl groups excluding tert-OH is 2. The molecule has 0 amide bonds. The Bertz CT molecular complexity index is 153. The van der Waals surface area contributed by atoms with Gasteiger partial charge in [0.1, 0.15) is 0 Å². The average Bonchev–Trinajstić information content (AvgIpc) is 2.16. The van der Waals surface area contributed by atoms with E-state index in [0.29, 0.717) is 26.3 Å². The Kier molecular flexibility index (Phi) is 9.86. The van der Waals surface area contributed by atoms with Crippen molar-refractivity contribution in [2.45, 2.75) is 39.1 Å². The van der Waals surface area contributed by atoms with E-state index in [1.165, 1.54) is 0 Å². The van der Waals surface area contributed by atoms with E-state index >= 15 is 0 Å². The van der Waals surface area contributed by atoms with Crippen molar-refractivity contribution in [2.75, 3.05) is 32.9 Å². The second kappa shape index (κ2) is 9.99. The smallest absolute Gasteiger partial charge is 0.0897 e. The molecule has 0 aliphatic heterocycles. The summed E-state index contributed by atoms with van der Waals surface area (Å²) < 4.78 is 10.5. The van der Waals surface area contributed by atoms with Gasteiger partial charge in [0.05, 0.1) is 38.1 Å². The third-order valence-corrected chi connectivity index (χ3v) is 1.81. The van der Waals surface area contributed by atoms with E-state index in [9.17, 15) is 5.11 Å². The highest BCUT2D eigenvalue weighted by molar-refractivity contribution is 4.60. The van der Waals surface area contributed by atoms with Gasteiger partial charge in [0.25, 0.3) is 0 Å². The van der Waals surface area contributed by atoms with Crippen LogP contribution in [0.3, 0.4) is 0 Å². The van der Waals surface area contributed by atoms with Crippen LogP contribution in [0.15, 0.2) is 0 Å². The molecule has 0 aromatic heterocycles. The lowest BCUT2D eigenvalue weighted by molar-refractivity contribution is -0.0103. The van der Waals surface area contributed by atoms with Crippen LogP contribution < -0.4 is 5.32 Å². The largest absolute Gasteiger partial charge is 0.392 e. The van der Waals surface area contributed by atoms with Gasteiger partial charge in [0, 0.05) is 13.1 Å². The first-order valence-corrected chi connectivity index (χ1v) is 5.78. The lowest BCUT2D eigenvalue weighted by Gasteiger charge is -2.13. The van der Waals surface area contributed by atoms with Gasteiger partial charge in [0.2, 0.25) is 0 Å². The summed E-state index contributed by atoms with van der Waals surface area (Å²) in [6.45, 7) is 7.86.